The van der Waals surface area contributed by atoms with Crippen LogP contribution in [0.15, 0.2) is 42.0 Å². The Morgan fingerprint density at radius 3 is 2.67 bits per heavy atom. The summed E-state index contributed by atoms with van der Waals surface area (Å²) < 4.78 is 2.37. The van der Waals surface area contributed by atoms with Crippen LogP contribution in [-0.4, -0.2) is 39.3 Å². The minimum atomic E-state index is 0.738. The Bertz CT molecular complexity index is 728. The molecule has 2 aromatic rings. The van der Waals surface area contributed by atoms with E-state index in [9.17, 15) is 0 Å². The van der Waals surface area contributed by atoms with Gasteiger partial charge >= 0.3 is 0 Å². The van der Waals surface area contributed by atoms with E-state index in [1.54, 1.807) is 0 Å². The number of benzene rings is 1. The van der Waals surface area contributed by atoms with Crippen molar-refractivity contribution in [3.8, 4) is 0 Å². The van der Waals surface area contributed by atoms with E-state index in [1.807, 2.05) is 0 Å². The molecule has 146 valence electrons. The van der Waals surface area contributed by atoms with Gasteiger partial charge in [-0.1, -0.05) is 48.9 Å². The van der Waals surface area contributed by atoms with Crippen LogP contribution in [0.5, 0.6) is 0 Å². The molecule has 1 aromatic heterocycles. The van der Waals surface area contributed by atoms with Crippen molar-refractivity contribution in [3.63, 3.8) is 0 Å². The molecule has 1 atom stereocenters. The molecule has 0 amide bonds. The molecule has 0 spiro atoms. The number of aromatic nitrogens is 3. The highest BCUT2D eigenvalue weighted by Crippen LogP contribution is 2.15. The van der Waals surface area contributed by atoms with Crippen LogP contribution in [0.2, 0.25) is 0 Å². The lowest BCUT2D eigenvalue weighted by Gasteiger charge is -2.23. The monoisotopic (exact) mass is 366 g/mol. The second-order valence-electron chi connectivity index (χ2n) is 8.18. The fourth-order valence-corrected chi connectivity index (χ4v) is 3.88. The molecular weight excluding hydrogens is 332 g/mol. The van der Waals surface area contributed by atoms with Gasteiger partial charge in [0.25, 0.3) is 0 Å². The average Bonchev–Trinajstić information content (AvgIpc) is 2.93. The smallest absolute Gasteiger partial charge is 0.134 e. The quantitative estimate of drug-likeness (QED) is 0.653. The summed E-state index contributed by atoms with van der Waals surface area (Å²) in [7, 11) is 0. The number of fused-ring (bicyclic) bond motifs is 1. The molecule has 27 heavy (non-hydrogen) atoms. The molecule has 0 saturated carbocycles. The molecule has 0 bridgehead atoms. The molecule has 2 heterocycles. The predicted molar refractivity (Wildman–Crippen MR) is 112 cm³/mol. The van der Waals surface area contributed by atoms with Crippen LogP contribution in [0, 0.1) is 5.92 Å². The van der Waals surface area contributed by atoms with Crippen LogP contribution < -0.4 is 0 Å². The van der Waals surface area contributed by atoms with Crippen LogP contribution in [0.25, 0.3) is 0 Å². The normalized spacial score (nSPS) is 15.8. The molecule has 0 N–H and O–H groups in total. The van der Waals surface area contributed by atoms with Gasteiger partial charge in [-0.05, 0) is 44.6 Å². The Balaban J connectivity index is 1.51. The minimum Gasteiger partial charge on any atom is -0.314 e. The fraction of sp³-hybridized carbons (Fsp3) is 0.565. The van der Waals surface area contributed by atoms with Crippen LogP contribution in [0.4, 0.5) is 0 Å². The number of allylic oxidation sites excluding steroid dienone is 2. The summed E-state index contributed by atoms with van der Waals surface area (Å²) in [5.41, 5.74) is 2.80. The molecular formula is C23H34N4. The Hall–Kier alpha value is -1.94. The topological polar surface area (TPSA) is 34.0 Å². The van der Waals surface area contributed by atoms with E-state index in [4.69, 9.17) is 0 Å². The summed E-state index contributed by atoms with van der Waals surface area (Å²) in [5.74, 6) is 3.05. The Labute approximate surface area is 164 Å². The highest BCUT2D eigenvalue weighted by atomic mass is 15.3. The maximum absolute atomic E-state index is 4.49. The molecule has 4 nitrogen and oxygen atoms in total. The first-order valence-corrected chi connectivity index (χ1v) is 10.4. The van der Waals surface area contributed by atoms with Gasteiger partial charge in [0, 0.05) is 39.0 Å². The molecule has 3 rings (SSSR count). The summed E-state index contributed by atoms with van der Waals surface area (Å²) >= 11 is 0. The number of rotatable bonds is 8. The lowest BCUT2D eigenvalue weighted by molar-refractivity contribution is 0.236. The Morgan fingerprint density at radius 2 is 1.89 bits per heavy atom. The van der Waals surface area contributed by atoms with Gasteiger partial charge in [-0.3, -0.25) is 0 Å². The zero-order chi connectivity index (χ0) is 19.1. The lowest BCUT2D eigenvalue weighted by Crippen LogP contribution is -2.31. The first-order chi connectivity index (χ1) is 13.1. The Morgan fingerprint density at radius 1 is 1.07 bits per heavy atom. The number of nitrogens with zero attached hydrogens (tertiary/aromatic N) is 4. The van der Waals surface area contributed by atoms with Gasteiger partial charge in [0.1, 0.15) is 11.6 Å². The zero-order valence-electron chi connectivity index (χ0n) is 17.2. The van der Waals surface area contributed by atoms with Gasteiger partial charge in [-0.2, -0.15) is 0 Å². The third-order valence-corrected chi connectivity index (χ3v) is 5.46. The molecule has 0 fully saturated rings. The second-order valence-corrected chi connectivity index (χ2v) is 8.18. The van der Waals surface area contributed by atoms with Crippen molar-refractivity contribution in [2.24, 2.45) is 5.92 Å². The SMILES string of the molecule is CC(C)=CCC[C@H](C)CN1CCc2nnc(CCc3ccccc3)n2CC1. The van der Waals surface area contributed by atoms with Gasteiger partial charge < -0.3 is 9.47 Å². The Kier molecular flexibility index (Phi) is 7.22. The van der Waals surface area contributed by atoms with E-state index in [-0.39, 0.29) is 0 Å². The highest BCUT2D eigenvalue weighted by Gasteiger charge is 2.19. The largest absolute Gasteiger partial charge is 0.314 e. The maximum Gasteiger partial charge on any atom is 0.134 e. The molecule has 1 aromatic carbocycles. The standard InChI is InChI=1S/C23H34N4/c1-19(2)8-7-9-20(3)18-26-15-14-23-25-24-22(27(23)17-16-26)13-12-21-10-5-4-6-11-21/h4-6,8,10-11,20H,7,9,12-18H2,1-3H3/t20-/m0/s1. The number of aryl methyl sites for hydroxylation is 2. The van der Waals surface area contributed by atoms with E-state index in [2.05, 4.69) is 76.8 Å². The summed E-state index contributed by atoms with van der Waals surface area (Å²) in [6.45, 7) is 11.2. The van der Waals surface area contributed by atoms with E-state index >= 15 is 0 Å². The summed E-state index contributed by atoms with van der Waals surface area (Å²) in [6, 6.07) is 10.7. The second kappa shape index (κ2) is 9.84. The first-order valence-electron chi connectivity index (χ1n) is 10.4. The molecule has 0 aliphatic carbocycles. The molecule has 4 heteroatoms. The van der Waals surface area contributed by atoms with Gasteiger partial charge in [0.2, 0.25) is 0 Å². The van der Waals surface area contributed by atoms with Gasteiger partial charge in [0.15, 0.2) is 0 Å². The third kappa shape index (κ3) is 6.03. The van der Waals surface area contributed by atoms with Crippen LogP contribution in [0.3, 0.4) is 0 Å². The zero-order valence-corrected chi connectivity index (χ0v) is 17.2. The first kappa shape index (κ1) is 19.8. The van der Waals surface area contributed by atoms with E-state index in [0.29, 0.717) is 0 Å². The predicted octanol–water partition coefficient (Wildman–Crippen LogP) is 4.30. The highest BCUT2D eigenvalue weighted by molar-refractivity contribution is 5.15. The summed E-state index contributed by atoms with van der Waals surface area (Å²) in [5, 5.41) is 8.98. The number of hydrogen-bond acceptors (Lipinski definition) is 3. The summed E-state index contributed by atoms with van der Waals surface area (Å²) in [6.07, 6.45) is 7.85. The molecule has 0 unspecified atom stereocenters. The fourth-order valence-electron chi connectivity index (χ4n) is 3.88. The minimum absolute atomic E-state index is 0.738. The van der Waals surface area contributed by atoms with Gasteiger partial charge in [-0.15, -0.1) is 10.2 Å². The van der Waals surface area contributed by atoms with Crippen molar-refractivity contribution >= 4 is 0 Å². The van der Waals surface area contributed by atoms with Crippen LogP contribution in [0.1, 0.15) is 50.8 Å². The van der Waals surface area contributed by atoms with E-state index < -0.39 is 0 Å². The molecule has 0 saturated heterocycles. The van der Waals surface area contributed by atoms with E-state index in [0.717, 1.165) is 56.5 Å². The van der Waals surface area contributed by atoms with Crippen LogP contribution >= 0.6 is 0 Å². The van der Waals surface area contributed by atoms with Crippen molar-refractivity contribution in [1.29, 1.82) is 0 Å². The van der Waals surface area contributed by atoms with Crippen LogP contribution in [-0.2, 0) is 25.8 Å². The van der Waals surface area contributed by atoms with Crippen molar-refractivity contribution < 1.29 is 0 Å². The lowest BCUT2D eigenvalue weighted by atomic mass is 10.0. The number of hydrogen-bond donors (Lipinski definition) is 0. The van der Waals surface area contributed by atoms with Gasteiger partial charge in [0.05, 0.1) is 0 Å². The summed E-state index contributed by atoms with van der Waals surface area (Å²) in [4.78, 5) is 2.61. The molecule has 1 aliphatic heterocycles. The van der Waals surface area contributed by atoms with Crippen molar-refractivity contribution in [2.45, 2.75) is 59.4 Å². The molecule has 1 aliphatic rings. The van der Waals surface area contributed by atoms with Gasteiger partial charge in [-0.25, -0.2) is 0 Å². The van der Waals surface area contributed by atoms with E-state index in [1.165, 1.54) is 30.5 Å². The average molecular weight is 367 g/mol. The van der Waals surface area contributed by atoms with Crippen molar-refractivity contribution in [1.82, 2.24) is 19.7 Å². The van der Waals surface area contributed by atoms with Crippen molar-refractivity contribution in [3.05, 3.63) is 59.2 Å². The third-order valence-electron chi connectivity index (χ3n) is 5.46. The maximum atomic E-state index is 4.49. The van der Waals surface area contributed by atoms with Crippen molar-refractivity contribution in [2.75, 3.05) is 19.6 Å². The molecule has 0 radical (unpaired) electrons.